The third-order valence-corrected chi connectivity index (χ3v) is 5.33. The molecule has 0 aliphatic heterocycles. The van der Waals surface area contributed by atoms with E-state index in [1.807, 2.05) is 13.0 Å². The van der Waals surface area contributed by atoms with Crippen molar-refractivity contribution < 1.29 is 19.1 Å². The number of Topliss-reactive ketones (excluding diaryl/α,β-unsaturated/α-hetero) is 1. The highest BCUT2D eigenvalue weighted by Crippen LogP contribution is 2.37. The van der Waals surface area contributed by atoms with Gasteiger partial charge in [-0.25, -0.2) is 4.68 Å². The summed E-state index contributed by atoms with van der Waals surface area (Å²) in [5.41, 5.74) is 9.47. The van der Waals surface area contributed by atoms with E-state index in [-0.39, 0.29) is 17.2 Å². The molecule has 8 nitrogen and oxygen atoms in total. The molecule has 1 heterocycles. The number of hydrogen-bond donors (Lipinski definition) is 2. The van der Waals surface area contributed by atoms with Crippen LogP contribution in [0.25, 0.3) is 5.69 Å². The smallest absolute Gasteiger partial charge is 0.250 e. The van der Waals surface area contributed by atoms with Gasteiger partial charge in [-0.15, -0.1) is 0 Å². The zero-order chi connectivity index (χ0) is 22.1. The Bertz CT molecular complexity index is 958. The lowest BCUT2D eigenvalue weighted by atomic mass is 9.75. The lowest BCUT2D eigenvalue weighted by Crippen LogP contribution is -2.31. The SMILES string of the molecule is COCC(COC)Nc1cc(-n2nc(C)c3c2CC(C)(C)CC3=O)ccc1C(N)=O. The van der Waals surface area contributed by atoms with Crippen LogP contribution >= 0.6 is 0 Å². The molecule has 3 N–H and O–H groups in total. The molecule has 2 aromatic rings. The van der Waals surface area contributed by atoms with Crippen molar-refractivity contribution in [2.24, 2.45) is 11.1 Å². The van der Waals surface area contributed by atoms with Gasteiger partial charge in [0.1, 0.15) is 0 Å². The Morgan fingerprint density at radius 3 is 2.53 bits per heavy atom. The second-order valence-electron chi connectivity index (χ2n) is 8.61. The normalized spacial score (nSPS) is 15.3. The summed E-state index contributed by atoms with van der Waals surface area (Å²) in [6.45, 7) is 6.83. The molecule has 1 aliphatic carbocycles. The maximum atomic E-state index is 12.7. The van der Waals surface area contributed by atoms with Crippen LogP contribution in [0, 0.1) is 12.3 Å². The van der Waals surface area contributed by atoms with Crippen LogP contribution in [-0.2, 0) is 15.9 Å². The summed E-state index contributed by atoms with van der Waals surface area (Å²) in [5, 5.41) is 7.94. The van der Waals surface area contributed by atoms with Gasteiger partial charge >= 0.3 is 0 Å². The minimum absolute atomic E-state index is 0.123. The number of ketones is 1. The van der Waals surface area contributed by atoms with Crippen LogP contribution in [0.4, 0.5) is 5.69 Å². The largest absolute Gasteiger partial charge is 0.382 e. The van der Waals surface area contributed by atoms with Crippen molar-refractivity contribution in [3.8, 4) is 5.69 Å². The highest BCUT2D eigenvalue weighted by atomic mass is 16.5. The molecule has 8 heteroatoms. The Labute approximate surface area is 176 Å². The van der Waals surface area contributed by atoms with Crippen molar-refractivity contribution in [2.45, 2.75) is 39.7 Å². The summed E-state index contributed by atoms with van der Waals surface area (Å²) in [6, 6.07) is 5.14. The van der Waals surface area contributed by atoms with E-state index in [1.165, 1.54) is 0 Å². The highest BCUT2D eigenvalue weighted by Gasteiger charge is 2.35. The number of anilines is 1. The van der Waals surface area contributed by atoms with E-state index in [0.29, 0.717) is 36.4 Å². The number of ether oxygens (including phenoxy) is 2. The van der Waals surface area contributed by atoms with Crippen molar-refractivity contribution in [1.29, 1.82) is 0 Å². The topological polar surface area (TPSA) is 108 Å². The van der Waals surface area contributed by atoms with Crippen molar-refractivity contribution in [1.82, 2.24) is 9.78 Å². The van der Waals surface area contributed by atoms with Gasteiger partial charge in [0.25, 0.3) is 5.91 Å². The first kappa shape index (κ1) is 22.0. The number of carbonyl (C=O) groups is 2. The van der Waals surface area contributed by atoms with Crippen molar-refractivity contribution >= 4 is 17.4 Å². The minimum atomic E-state index is -0.535. The molecule has 1 aromatic heterocycles. The van der Waals surface area contributed by atoms with Crippen molar-refractivity contribution in [3.63, 3.8) is 0 Å². The van der Waals surface area contributed by atoms with E-state index in [2.05, 4.69) is 24.3 Å². The number of fused-ring (bicyclic) bond motifs is 1. The average Bonchev–Trinajstić information content (AvgIpc) is 2.97. The van der Waals surface area contributed by atoms with E-state index in [0.717, 1.165) is 23.5 Å². The molecule has 0 bridgehead atoms. The molecule has 3 rings (SSSR count). The Kier molecular flexibility index (Phi) is 6.28. The monoisotopic (exact) mass is 414 g/mol. The molecule has 30 heavy (non-hydrogen) atoms. The van der Waals surface area contributed by atoms with Gasteiger partial charge in [-0.1, -0.05) is 13.8 Å². The molecule has 0 saturated heterocycles. The average molecular weight is 415 g/mol. The lowest BCUT2D eigenvalue weighted by molar-refractivity contribution is 0.0909. The molecule has 1 aromatic carbocycles. The van der Waals surface area contributed by atoms with Crippen molar-refractivity contribution in [2.75, 3.05) is 32.8 Å². The number of rotatable bonds is 8. The molecule has 0 unspecified atom stereocenters. The molecular weight excluding hydrogens is 384 g/mol. The number of aryl methyl sites for hydroxylation is 1. The van der Waals surface area contributed by atoms with Gasteiger partial charge in [0.15, 0.2) is 5.78 Å². The standard InChI is InChI=1S/C22H30N4O4/c1-13-20-18(9-22(2,3)10-19(20)27)26(25-13)15-6-7-16(21(23)28)17(8-15)24-14(11-29-4)12-30-5/h6-8,14,24H,9-12H2,1-5H3,(H2,23,28). The van der Waals surface area contributed by atoms with Gasteiger partial charge < -0.3 is 20.5 Å². The number of benzene rings is 1. The van der Waals surface area contributed by atoms with E-state index < -0.39 is 5.91 Å². The van der Waals surface area contributed by atoms with Crippen molar-refractivity contribution in [3.05, 3.63) is 40.7 Å². The number of hydrogen-bond acceptors (Lipinski definition) is 6. The van der Waals surface area contributed by atoms with Gasteiger partial charge in [-0.3, -0.25) is 9.59 Å². The fourth-order valence-corrected chi connectivity index (χ4v) is 4.11. The highest BCUT2D eigenvalue weighted by molar-refractivity contribution is 6.00. The number of amides is 1. The van der Waals surface area contributed by atoms with Gasteiger partial charge in [0.2, 0.25) is 0 Å². The van der Waals surface area contributed by atoms with Crippen LogP contribution in [0.2, 0.25) is 0 Å². The van der Waals surface area contributed by atoms with Crippen LogP contribution in [0.1, 0.15) is 52.4 Å². The number of nitrogens with one attached hydrogen (secondary N) is 1. The van der Waals surface area contributed by atoms with Crippen LogP contribution in [-0.4, -0.2) is 54.9 Å². The van der Waals surface area contributed by atoms with E-state index in [9.17, 15) is 9.59 Å². The number of aromatic nitrogens is 2. The minimum Gasteiger partial charge on any atom is -0.382 e. The fourth-order valence-electron chi connectivity index (χ4n) is 4.11. The zero-order valence-corrected chi connectivity index (χ0v) is 18.2. The summed E-state index contributed by atoms with van der Waals surface area (Å²) in [6.07, 6.45) is 1.25. The van der Waals surface area contributed by atoms with Crippen LogP contribution in [0.3, 0.4) is 0 Å². The van der Waals surface area contributed by atoms with Gasteiger partial charge in [-0.05, 0) is 37.0 Å². The van der Waals surface area contributed by atoms with Gasteiger partial charge in [0, 0.05) is 26.3 Å². The summed E-state index contributed by atoms with van der Waals surface area (Å²) in [4.78, 5) is 24.7. The predicted molar refractivity (Wildman–Crippen MR) is 114 cm³/mol. The fraction of sp³-hybridized carbons (Fsp3) is 0.500. The van der Waals surface area contributed by atoms with Gasteiger partial charge in [-0.2, -0.15) is 5.10 Å². The molecule has 162 valence electrons. The zero-order valence-electron chi connectivity index (χ0n) is 18.2. The quantitative estimate of drug-likeness (QED) is 0.687. The van der Waals surface area contributed by atoms with Gasteiger partial charge in [0.05, 0.1) is 47.5 Å². The first-order chi connectivity index (χ1) is 14.2. The molecule has 0 radical (unpaired) electrons. The maximum absolute atomic E-state index is 12.7. The van der Waals surface area contributed by atoms with Crippen LogP contribution in [0.5, 0.6) is 0 Å². The number of carbonyl (C=O) groups excluding carboxylic acids is 2. The molecule has 0 fully saturated rings. The summed E-state index contributed by atoms with van der Waals surface area (Å²) < 4.78 is 12.3. The Morgan fingerprint density at radius 1 is 1.27 bits per heavy atom. The van der Waals surface area contributed by atoms with E-state index >= 15 is 0 Å². The maximum Gasteiger partial charge on any atom is 0.250 e. The molecule has 1 aliphatic rings. The molecule has 0 saturated carbocycles. The molecule has 0 spiro atoms. The first-order valence-electron chi connectivity index (χ1n) is 9.97. The Balaban J connectivity index is 2.07. The van der Waals surface area contributed by atoms with E-state index in [1.54, 1.807) is 31.0 Å². The number of primary amides is 1. The number of nitrogens with zero attached hydrogens (tertiary/aromatic N) is 2. The third kappa shape index (κ3) is 4.39. The summed E-state index contributed by atoms with van der Waals surface area (Å²) in [5.74, 6) is -0.412. The lowest BCUT2D eigenvalue weighted by Gasteiger charge is -2.29. The van der Waals surface area contributed by atoms with E-state index in [4.69, 9.17) is 15.2 Å². The van der Waals surface area contributed by atoms with Crippen LogP contribution in [0.15, 0.2) is 18.2 Å². The molecule has 1 amide bonds. The molecule has 0 atom stereocenters. The summed E-state index contributed by atoms with van der Waals surface area (Å²) in [7, 11) is 3.21. The third-order valence-electron chi connectivity index (χ3n) is 5.33. The first-order valence-corrected chi connectivity index (χ1v) is 9.97. The summed E-state index contributed by atoms with van der Waals surface area (Å²) >= 11 is 0. The molecular formula is C22H30N4O4. The van der Waals surface area contributed by atoms with Crippen LogP contribution < -0.4 is 11.1 Å². The second-order valence-corrected chi connectivity index (χ2v) is 8.61. The number of nitrogens with two attached hydrogens (primary N) is 1. The predicted octanol–water partition coefficient (Wildman–Crippen LogP) is 2.51. The number of methoxy groups -OCH3 is 2. The Hall–Kier alpha value is -2.71. The Morgan fingerprint density at radius 2 is 1.93 bits per heavy atom. The second kappa shape index (κ2) is 8.57.